The van der Waals surface area contributed by atoms with Gasteiger partial charge < -0.3 is 15.0 Å². The van der Waals surface area contributed by atoms with Crippen LogP contribution in [0.1, 0.15) is 32.4 Å². The molecule has 0 spiro atoms. The molecule has 1 heterocycles. The van der Waals surface area contributed by atoms with Crippen LogP contribution in [-0.4, -0.2) is 55.2 Å². The SMILES string of the molecule is COc1cccc([C@@H](C)N2CCN(C(=O)NC(C)C)CC2)c1. The van der Waals surface area contributed by atoms with E-state index in [0.29, 0.717) is 6.04 Å². The second-order valence-corrected chi connectivity index (χ2v) is 6.08. The summed E-state index contributed by atoms with van der Waals surface area (Å²) >= 11 is 0. The molecule has 1 atom stereocenters. The molecule has 1 fully saturated rings. The molecule has 0 aliphatic carbocycles. The highest BCUT2D eigenvalue weighted by Gasteiger charge is 2.25. The van der Waals surface area contributed by atoms with Crippen LogP contribution in [0.5, 0.6) is 5.75 Å². The summed E-state index contributed by atoms with van der Waals surface area (Å²) in [5.41, 5.74) is 1.25. The molecule has 2 rings (SSSR count). The van der Waals surface area contributed by atoms with E-state index in [2.05, 4.69) is 29.3 Å². The molecule has 122 valence electrons. The van der Waals surface area contributed by atoms with Crippen LogP contribution in [0, 0.1) is 0 Å². The van der Waals surface area contributed by atoms with Crippen molar-refractivity contribution < 1.29 is 9.53 Å². The van der Waals surface area contributed by atoms with Crippen LogP contribution in [0.4, 0.5) is 4.79 Å². The van der Waals surface area contributed by atoms with Crippen LogP contribution in [0.25, 0.3) is 0 Å². The molecule has 5 nitrogen and oxygen atoms in total. The molecular weight excluding hydrogens is 278 g/mol. The Kier molecular flexibility index (Phi) is 5.66. The van der Waals surface area contributed by atoms with Gasteiger partial charge in [-0.05, 0) is 38.5 Å². The van der Waals surface area contributed by atoms with E-state index in [-0.39, 0.29) is 12.1 Å². The van der Waals surface area contributed by atoms with Crippen LogP contribution in [0.15, 0.2) is 24.3 Å². The van der Waals surface area contributed by atoms with Gasteiger partial charge in [0.2, 0.25) is 0 Å². The van der Waals surface area contributed by atoms with Gasteiger partial charge in [0.25, 0.3) is 0 Å². The number of benzene rings is 1. The minimum absolute atomic E-state index is 0.0451. The fourth-order valence-electron chi connectivity index (χ4n) is 2.76. The maximum absolute atomic E-state index is 12.0. The molecule has 0 saturated carbocycles. The van der Waals surface area contributed by atoms with Crippen molar-refractivity contribution in [1.29, 1.82) is 0 Å². The van der Waals surface area contributed by atoms with Crippen molar-refractivity contribution in [3.8, 4) is 5.75 Å². The summed E-state index contributed by atoms with van der Waals surface area (Å²) in [4.78, 5) is 16.3. The quantitative estimate of drug-likeness (QED) is 0.929. The zero-order valence-corrected chi connectivity index (χ0v) is 14.0. The number of methoxy groups -OCH3 is 1. The number of carbonyl (C=O) groups is 1. The Balaban J connectivity index is 1.91. The largest absolute Gasteiger partial charge is 0.497 e. The predicted octanol–water partition coefficient (Wildman–Crippen LogP) is 2.49. The van der Waals surface area contributed by atoms with Crippen LogP contribution in [-0.2, 0) is 0 Å². The Morgan fingerprint density at radius 1 is 1.18 bits per heavy atom. The van der Waals surface area contributed by atoms with E-state index in [1.165, 1.54) is 5.56 Å². The van der Waals surface area contributed by atoms with Gasteiger partial charge in [0.05, 0.1) is 7.11 Å². The first kappa shape index (κ1) is 16.6. The van der Waals surface area contributed by atoms with Gasteiger partial charge in [-0.3, -0.25) is 4.90 Å². The normalized spacial score (nSPS) is 17.4. The van der Waals surface area contributed by atoms with Gasteiger partial charge >= 0.3 is 6.03 Å². The minimum Gasteiger partial charge on any atom is -0.497 e. The first-order chi connectivity index (χ1) is 10.5. The number of ether oxygens (including phenoxy) is 1. The van der Waals surface area contributed by atoms with Crippen LogP contribution < -0.4 is 10.1 Å². The number of rotatable bonds is 4. The first-order valence-corrected chi connectivity index (χ1v) is 7.94. The van der Waals surface area contributed by atoms with E-state index in [0.717, 1.165) is 31.9 Å². The summed E-state index contributed by atoms with van der Waals surface area (Å²) < 4.78 is 5.30. The number of carbonyl (C=O) groups excluding carboxylic acids is 1. The van der Waals surface area contributed by atoms with Crippen molar-refractivity contribution in [2.24, 2.45) is 0 Å². The number of urea groups is 1. The number of nitrogens with one attached hydrogen (secondary N) is 1. The molecule has 1 saturated heterocycles. The zero-order chi connectivity index (χ0) is 16.1. The third-order valence-electron chi connectivity index (χ3n) is 4.14. The van der Waals surface area contributed by atoms with Crippen molar-refractivity contribution in [3.63, 3.8) is 0 Å². The molecule has 0 aromatic heterocycles. The van der Waals surface area contributed by atoms with Crippen molar-refractivity contribution >= 4 is 6.03 Å². The second-order valence-electron chi connectivity index (χ2n) is 6.08. The fraction of sp³-hybridized carbons (Fsp3) is 0.588. The predicted molar refractivity (Wildman–Crippen MR) is 88.2 cm³/mol. The molecular formula is C17H27N3O2. The molecule has 22 heavy (non-hydrogen) atoms. The highest BCUT2D eigenvalue weighted by atomic mass is 16.5. The van der Waals surface area contributed by atoms with Crippen molar-refractivity contribution in [1.82, 2.24) is 15.1 Å². The van der Waals surface area contributed by atoms with Crippen LogP contribution in [0.2, 0.25) is 0 Å². The second kappa shape index (κ2) is 7.49. The number of piperazine rings is 1. The fourth-order valence-corrected chi connectivity index (χ4v) is 2.76. The van der Waals surface area contributed by atoms with Gasteiger partial charge in [-0.1, -0.05) is 12.1 Å². The third-order valence-corrected chi connectivity index (χ3v) is 4.14. The van der Waals surface area contributed by atoms with Gasteiger partial charge in [0.1, 0.15) is 5.75 Å². The average Bonchev–Trinajstić information content (AvgIpc) is 2.53. The smallest absolute Gasteiger partial charge is 0.317 e. The molecule has 1 aromatic rings. The molecule has 1 aliphatic rings. The molecule has 5 heteroatoms. The molecule has 1 N–H and O–H groups in total. The number of nitrogens with zero attached hydrogens (tertiary/aromatic N) is 2. The Bertz CT molecular complexity index is 496. The first-order valence-electron chi connectivity index (χ1n) is 7.94. The van der Waals surface area contributed by atoms with E-state index in [4.69, 9.17) is 4.74 Å². The summed E-state index contributed by atoms with van der Waals surface area (Å²) in [6.07, 6.45) is 0. The van der Waals surface area contributed by atoms with Gasteiger partial charge in [-0.2, -0.15) is 0 Å². The highest BCUT2D eigenvalue weighted by molar-refractivity contribution is 5.74. The van der Waals surface area contributed by atoms with Gasteiger partial charge in [0, 0.05) is 38.3 Å². The summed E-state index contributed by atoms with van der Waals surface area (Å²) in [6.45, 7) is 9.50. The topological polar surface area (TPSA) is 44.8 Å². The average molecular weight is 305 g/mol. The monoisotopic (exact) mass is 305 g/mol. The number of hydrogen-bond donors (Lipinski definition) is 1. The van der Waals surface area contributed by atoms with E-state index in [1.54, 1.807) is 7.11 Å². The summed E-state index contributed by atoms with van der Waals surface area (Å²) in [5, 5.41) is 2.96. The van der Waals surface area contributed by atoms with Crippen LogP contribution in [0.3, 0.4) is 0 Å². The van der Waals surface area contributed by atoms with Gasteiger partial charge in [-0.25, -0.2) is 4.79 Å². The molecule has 0 unspecified atom stereocenters. The molecule has 1 aliphatic heterocycles. The van der Waals surface area contributed by atoms with E-state index < -0.39 is 0 Å². The maximum atomic E-state index is 12.0. The molecule has 0 radical (unpaired) electrons. The standard InChI is InChI=1S/C17H27N3O2/c1-13(2)18-17(21)20-10-8-19(9-11-20)14(3)15-6-5-7-16(12-15)22-4/h5-7,12-14H,8-11H2,1-4H3,(H,18,21)/t14-/m1/s1. The van der Waals surface area contributed by atoms with Crippen LogP contribution >= 0.6 is 0 Å². The lowest BCUT2D eigenvalue weighted by Crippen LogP contribution is -2.53. The lowest BCUT2D eigenvalue weighted by molar-refractivity contribution is 0.113. The summed E-state index contributed by atoms with van der Waals surface area (Å²) in [5.74, 6) is 0.888. The Morgan fingerprint density at radius 3 is 2.45 bits per heavy atom. The molecule has 1 aromatic carbocycles. The molecule has 2 amide bonds. The minimum atomic E-state index is 0.0451. The van der Waals surface area contributed by atoms with E-state index >= 15 is 0 Å². The lowest BCUT2D eigenvalue weighted by atomic mass is 10.1. The summed E-state index contributed by atoms with van der Waals surface area (Å²) in [7, 11) is 1.69. The van der Waals surface area contributed by atoms with E-state index in [9.17, 15) is 4.79 Å². The lowest BCUT2D eigenvalue weighted by Gasteiger charge is -2.38. The third kappa shape index (κ3) is 4.13. The van der Waals surface area contributed by atoms with Gasteiger partial charge in [-0.15, -0.1) is 0 Å². The number of amides is 2. The van der Waals surface area contributed by atoms with Crippen molar-refractivity contribution in [3.05, 3.63) is 29.8 Å². The van der Waals surface area contributed by atoms with E-state index in [1.807, 2.05) is 30.9 Å². The van der Waals surface area contributed by atoms with Gasteiger partial charge in [0.15, 0.2) is 0 Å². The Morgan fingerprint density at radius 2 is 1.86 bits per heavy atom. The molecule has 0 bridgehead atoms. The highest BCUT2D eigenvalue weighted by Crippen LogP contribution is 2.24. The Hall–Kier alpha value is -1.75. The zero-order valence-electron chi connectivity index (χ0n) is 14.0. The Labute approximate surface area is 133 Å². The van der Waals surface area contributed by atoms with Crippen molar-refractivity contribution in [2.75, 3.05) is 33.3 Å². The number of hydrogen-bond acceptors (Lipinski definition) is 3. The summed E-state index contributed by atoms with van der Waals surface area (Å²) in [6, 6.07) is 8.75. The maximum Gasteiger partial charge on any atom is 0.317 e. The van der Waals surface area contributed by atoms with Crippen molar-refractivity contribution in [2.45, 2.75) is 32.9 Å².